The van der Waals surface area contributed by atoms with Crippen molar-refractivity contribution in [1.29, 1.82) is 0 Å². The Morgan fingerprint density at radius 3 is 2.08 bits per heavy atom. The Balaban J connectivity index is 2.52. The maximum absolute atomic E-state index is 11.2. The van der Waals surface area contributed by atoms with E-state index < -0.39 is 4.92 Å². The molecule has 0 atom stereocenters. The maximum atomic E-state index is 11.2. The van der Waals surface area contributed by atoms with Crippen molar-refractivity contribution >= 4 is 5.76 Å². The predicted octanol–water partition coefficient (Wildman–Crippen LogP) is 4.20. The Kier molecular flexibility index (Phi) is 5.44. The van der Waals surface area contributed by atoms with Crippen LogP contribution in [0.2, 0.25) is 0 Å². The smallest absolute Gasteiger partial charge is 0.279 e. The summed E-state index contributed by atoms with van der Waals surface area (Å²) in [5, 5.41) is 13.1. The third kappa shape index (κ3) is 4.25. The molecular formula is C21H24N2O3. The first-order valence-corrected chi connectivity index (χ1v) is 8.51. The Morgan fingerprint density at radius 2 is 1.65 bits per heavy atom. The van der Waals surface area contributed by atoms with Crippen LogP contribution in [0.5, 0.6) is 0 Å². The lowest BCUT2D eigenvalue weighted by atomic mass is 9.82. The van der Waals surface area contributed by atoms with Crippen LogP contribution < -0.4 is 0 Å². The van der Waals surface area contributed by atoms with E-state index in [9.17, 15) is 10.1 Å². The molecule has 5 heteroatoms. The molecule has 26 heavy (non-hydrogen) atoms. The molecule has 0 spiro atoms. The van der Waals surface area contributed by atoms with Gasteiger partial charge in [-0.15, -0.1) is 17.9 Å². The molecule has 0 N–H and O–H groups in total. The van der Waals surface area contributed by atoms with Crippen molar-refractivity contribution < 1.29 is 9.76 Å². The lowest BCUT2D eigenvalue weighted by Gasteiger charge is -2.50. The van der Waals surface area contributed by atoms with Crippen LogP contribution in [0.15, 0.2) is 24.4 Å². The molecule has 5 nitrogen and oxygen atoms in total. The van der Waals surface area contributed by atoms with Gasteiger partial charge in [0.1, 0.15) is 0 Å². The molecule has 0 amide bonds. The Labute approximate surface area is 155 Å². The second-order valence-corrected chi connectivity index (χ2v) is 7.73. The summed E-state index contributed by atoms with van der Waals surface area (Å²) in [6.45, 7) is 8.29. The Morgan fingerprint density at radius 1 is 1.15 bits per heavy atom. The van der Waals surface area contributed by atoms with E-state index in [0.29, 0.717) is 16.7 Å². The first kappa shape index (κ1) is 19.6. The summed E-state index contributed by atoms with van der Waals surface area (Å²) in [7, 11) is 0. The maximum Gasteiger partial charge on any atom is 0.279 e. The van der Waals surface area contributed by atoms with Gasteiger partial charge in [-0.05, 0) is 65.2 Å². The van der Waals surface area contributed by atoms with Crippen molar-refractivity contribution in [2.24, 2.45) is 0 Å². The van der Waals surface area contributed by atoms with Gasteiger partial charge in [0.2, 0.25) is 5.76 Å². The molecule has 1 fully saturated rings. The van der Waals surface area contributed by atoms with Gasteiger partial charge in [0.25, 0.3) is 6.20 Å². The predicted molar refractivity (Wildman–Crippen MR) is 102 cm³/mol. The Hall–Kier alpha value is -2.76. The van der Waals surface area contributed by atoms with Crippen molar-refractivity contribution in [1.82, 2.24) is 5.06 Å². The summed E-state index contributed by atoms with van der Waals surface area (Å²) in [5.41, 5.74) is 1.05. The van der Waals surface area contributed by atoms with Crippen molar-refractivity contribution in [3.8, 4) is 24.7 Å². The van der Waals surface area contributed by atoms with E-state index in [0.717, 1.165) is 25.5 Å². The van der Waals surface area contributed by atoms with E-state index >= 15 is 0 Å². The number of hydrogen-bond donors (Lipinski definition) is 0. The minimum Gasteiger partial charge on any atom is -0.398 e. The summed E-state index contributed by atoms with van der Waals surface area (Å²) in [6, 6.07) is 5.02. The van der Waals surface area contributed by atoms with E-state index in [2.05, 4.69) is 39.5 Å². The molecule has 1 saturated heterocycles. The summed E-state index contributed by atoms with van der Waals surface area (Å²) in [4.78, 5) is 16.8. The van der Waals surface area contributed by atoms with Gasteiger partial charge in [-0.3, -0.25) is 10.1 Å². The van der Waals surface area contributed by atoms with Gasteiger partial charge in [-0.25, -0.2) is 0 Å². The molecule has 1 heterocycles. The van der Waals surface area contributed by atoms with Crippen LogP contribution >= 0.6 is 0 Å². The highest BCUT2D eigenvalue weighted by Gasteiger charge is 2.44. The third-order valence-corrected chi connectivity index (χ3v) is 4.64. The van der Waals surface area contributed by atoms with Gasteiger partial charge in [0.15, 0.2) is 0 Å². The lowest BCUT2D eigenvalue weighted by molar-refractivity contribution is -0.404. The molecule has 136 valence electrons. The first-order chi connectivity index (χ1) is 12.1. The van der Waals surface area contributed by atoms with Crippen molar-refractivity contribution in [2.75, 3.05) is 0 Å². The quantitative estimate of drug-likeness (QED) is 0.353. The number of hydroxylamine groups is 2. The first-order valence-electron chi connectivity index (χ1n) is 8.51. The molecule has 1 aliphatic heterocycles. The lowest BCUT2D eigenvalue weighted by Crippen LogP contribution is -2.57. The number of benzene rings is 1. The van der Waals surface area contributed by atoms with Crippen LogP contribution in [0.1, 0.15) is 63.6 Å². The van der Waals surface area contributed by atoms with Gasteiger partial charge in [0, 0.05) is 16.7 Å². The molecule has 2 rings (SSSR count). The summed E-state index contributed by atoms with van der Waals surface area (Å²) < 4.78 is 0. The average molecular weight is 352 g/mol. The van der Waals surface area contributed by atoms with Crippen LogP contribution in [0, 0.1) is 34.8 Å². The van der Waals surface area contributed by atoms with Crippen molar-refractivity contribution in [3.05, 3.63) is 51.2 Å². The largest absolute Gasteiger partial charge is 0.398 e. The van der Waals surface area contributed by atoms with E-state index in [1.807, 2.05) is 5.06 Å². The molecule has 1 aromatic carbocycles. The zero-order chi connectivity index (χ0) is 19.5. The number of rotatable bonds is 4. The van der Waals surface area contributed by atoms with Crippen LogP contribution in [-0.4, -0.2) is 21.1 Å². The number of piperidine rings is 1. The highest BCUT2D eigenvalue weighted by Crippen LogP contribution is 2.40. The van der Waals surface area contributed by atoms with Gasteiger partial charge in [-0.2, -0.15) is 0 Å². The normalized spacial score (nSPS) is 19.2. The van der Waals surface area contributed by atoms with Crippen LogP contribution in [0.25, 0.3) is 5.76 Å². The van der Waals surface area contributed by atoms with Gasteiger partial charge >= 0.3 is 0 Å². The molecule has 0 radical (unpaired) electrons. The molecular weight excluding hydrogens is 328 g/mol. The highest BCUT2D eigenvalue weighted by molar-refractivity contribution is 5.63. The molecule has 0 unspecified atom stereocenters. The van der Waals surface area contributed by atoms with Gasteiger partial charge in [0.05, 0.1) is 16.0 Å². The number of nitrogens with zero attached hydrogens (tertiary/aromatic N) is 2. The topological polar surface area (TPSA) is 55.6 Å². The average Bonchev–Trinajstić information content (AvgIpc) is 2.55. The van der Waals surface area contributed by atoms with E-state index in [4.69, 9.17) is 17.7 Å². The van der Waals surface area contributed by atoms with E-state index in [1.165, 1.54) is 0 Å². The SMILES string of the molecule is C#Cc1cc(C#C)cc(/C(=C\[N+](=O)[O-])ON2C(C)(C)CCCC2(C)C)c1. The minimum absolute atomic E-state index is 0.117. The second kappa shape index (κ2) is 7.23. The van der Waals surface area contributed by atoms with E-state index in [1.54, 1.807) is 18.2 Å². The number of nitro groups is 1. The third-order valence-electron chi connectivity index (χ3n) is 4.64. The molecule has 0 saturated carbocycles. The van der Waals surface area contributed by atoms with Gasteiger partial charge < -0.3 is 4.84 Å². The van der Waals surface area contributed by atoms with Crippen molar-refractivity contribution in [3.63, 3.8) is 0 Å². The molecule has 1 aliphatic rings. The summed E-state index contributed by atoms with van der Waals surface area (Å²) in [6.07, 6.45) is 14.8. The standard InChI is InChI=1S/C21H24N2O3/c1-7-16-12-17(8-2)14-18(13-16)19(15-22(24)25)26-23-20(3,4)10-9-11-21(23,5)6/h1-2,12-15H,9-11H2,3-6H3/b19-15+. The minimum atomic E-state index is -0.530. The summed E-state index contributed by atoms with van der Waals surface area (Å²) in [5.74, 6) is 5.17. The van der Waals surface area contributed by atoms with Crippen LogP contribution in [0.3, 0.4) is 0 Å². The van der Waals surface area contributed by atoms with Gasteiger partial charge in [-0.1, -0.05) is 11.8 Å². The monoisotopic (exact) mass is 352 g/mol. The fraction of sp³-hybridized carbons (Fsp3) is 0.429. The molecule has 0 aromatic heterocycles. The molecule has 0 bridgehead atoms. The molecule has 0 aliphatic carbocycles. The van der Waals surface area contributed by atoms with Crippen molar-refractivity contribution in [2.45, 2.75) is 58.0 Å². The number of hydrogen-bond acceptors (Lipinski definition) is 4. The van der Waals surface area contributed by atoms with Crippen LogP contribution in [0.4, 0.5) is 0 Å². The number of terminal acetylenes is 2. The highest BCUT2D eigenvalue weighted by atomic mass is 16.7. The van der Waals surface area contributed by atoms with E-state index in [-0.39, 0.29) is 16.8 Å². The zero-order valence-electron chi connectivity index (χ0n) is 15.7. The molecule has 1 aromatic rings. The zero-order valence-corrected chi connectivity index (χ0v) is 15.7. The fourth-order valence-electron chi connectivity index (χ4n) is 3.50. The second-order valence-electron chi connectivity index (χ2n) is 7.73. The summed E-state index contributed by atoms with van der Waals surface area (Å²) >= 11 is 0. The van der Waals surface area contributed by atoms with Crippen LogP contribution in [-0.2, 0) is 4.84 Å². The fourth-order valence-corrected chi connectivity index (χ4v) is 3.50. The Bertz CT molecular complexity index is 774.